The molecule has 0 saturated carbocycles. The van der Waals surface area contributed by atoms with Gasteiger partial charge in [0.2, 0.25) is 0 Å². The van der Waals surface area contributed by atoms with Crippen molar-refractivity contribution in [3.8, 4) is 0 Å². The Morgan fingerprint density at radius 2 is 1.96 bits per heavy atom. The lowest BCUT2D eigenvalue weighted by Crippen LogP contribution is -2.41. The number of urea groups is 1. The average molecular weight is 377 g/mol. The Morgan fingerprint density at radius 1 is 1.15 bits per heavy atom. The molecule has 1 aromatic rings. The zero-order valence-corrected chi connectivity index (χ0v) is 16.4. The Kier molecular flexibility index (Phi) is 7.33. The van der Waals surface area contributed by atoms with E-state index in [0.717, 1.165) is 44.7 Å². The molecule has 0 bridgehead atoms. The van der Waals surface area contributed by atoms with Crippen LogP contribution in [0.3, 0.4) is 0 Å². The van der Waals surface area contributed by atoms with Crippen molar-refractivity contribution in [2.75, 3.05) is 44.2 Å². The number of anilines is 1. The standard InChI is InChI=1S/C21H33FN4O/c1-17-5-2-3-12-25(17)13-4-11-23-21(27)24-15-18-10-14-26(16-18)20-8-6-19(22)7-9-20/h6-9,17-18H,2-5,10-16H2,1H3,(H2,23,24,27). The van der Waals surface area contributed by atoms with Gasteiger partial charge in [0, 0.05) is 44.5 Å². The third kappa shape index (κ3) is 6.09. The molecule has 2 heterocycles. The minimum atomic E-state index is -0.206. The van der Waals surface area contributed by atoms with Gasteiger partial charge in [0.1, 0.15) is 5.82 Å². The summed E-state index contributed by atoms with van der Waals surface area (Å²) in [5.74, 6) is 0.234. The molecule has 2 amide bonds. The molecule has 2 aliphatic heterocycles. The van der Waals surface area contributed by atoms with Crippen LogP contribution in [-0.2, 0) is 0 Å². The molecule has 0 radical (unpaired) electrons. The van der Waals surface area contributed by atoms with E-state index in [0.29, 0.717) is 18.5 Å². The SMILES string of the molecule is CC1CCCCN1CCCNC(=O)NCC1CCN(c2ccc(F)cc2)C1. The number of carbonyl (C=O) groups excluding carboxylic acids is 1. The van der Waals surface area contributed by atoms with Gasteiger partial charge in [-0.05, 0) is 69.3 Å². The lowest BCUT2D eigenvalue weighted by molar-refractivity contribution is 0.159. The summed E-state index contributed by atoms with van der Waals surface area (Å²) in [6.45, 7) is 7.83. The zero-order valence-electron chi connectivity index (χ0n) is 16.4. The van der Waals surface area contributed by atoms with Crippen molar-refractivity contribution in [3.05, 3.63) is 30.1 Å². The molecule has 1 aromatic carbocycles. The number of hydrogen-bond acceptors (Lipinski definition) is 3. The van der Waals surface area contributed by atoms with Crippen LogP contribution in [0.5, 0.6) is 0 Å². The van der Waals surface area contributed by atoms with E-state index in [2.05, 4.69) is 27.4 Å². The topological polar surface area (TPSA) is 47.6 Å². The number of piperidine rings is 1. The highest BCUT2D eigenvalue weighted by Crippen LogP contribution is 2.23. The molecule has 0 aliphatic carbocycles. The van der Waals surface area contributed by atoms with Crippen LogP contribution in [0.25, 0.3) is 0 Å². The summed E-state index contributed by atoms with van der Waals surface area (Å²) >= 11 is 0. The molecule has 2 aliphatic rings. The first-order valence-electron chi connectivity index (χ1n) is 10.4. The second-order valence-corrected chi connectivity index (χ2v) is 7.95. The summed E-state index contributed by atoms with van der Waals surface area (Å²) in [4.78, 5) is 16.8. The molecule has 2 N–H and O–H groups in total. The van der Waals surface area contributed by atoms with Crippen molar-refractivity contribution < 1.29 is 9.18 Å². The highest BCUT2D eigenvalue weighted by molar-refractivity contribution is 5.73. The Morgan fingerprint density at radius 3 is 2.74 bits per heavy atom. The van der Waals surface area contributed by atoms with Crippen LogP contribution in [0.15, 0.2) is 24.3 Å². The van der Waals surface area contributed by atoms with Crippen LogP contribution in [0.4, 0.5) is 14.9 Å². The Labute approximate surface area is 162 Å². The molecule has 2 saturated heterocycles. The predicted molar refractivity (Wildman–Crippen MR) is 108 cm³/mol. The molecular weight excluding hydrogens is 343 g/mol. The molecule has 2 unspecified atom stereocenters. The van der Waals surface area contributed by atoms with Crippen molar-refractivity contribution in [2.45, 2.75) is 45.1 Å². The number of rotatable bonds is 7. The highest BCUT2D eigenvalue weighted by atomic mass is 19.1. The van der Waals surface area contributed by atoms with Crippen LogP contribution in [0.1, 0.15) is 39.0 Å². The van der Waals surface area contributed by atoms with Crippen molar-refractivity contribution in [3.63, 3.8) is 0 Å². The van der Waals surface area contributed by atoms with Crippen molar-refractivity contribution in [1.29, 1.82) is 0 Å². The third-order valence-electron chi connectivity index (χ3n) is 5.88. The quantitative estimate of drug-likeness (QED) is 0.719. The van der Waals surface area contributed by atoms with E-state index >= 15 is 0 Å². The van der Waals surface area contributed by atoms with E-state index in [4.69, 9.17) is 0 Å². The number of nitrogens with one attached hydrogen (secondary N) is 2. The van der Waals surface area contributed by atoms with E-state index < -0.39 is 0 Å². The summed E-state index contributed by atoms with van der Waals surface area (Å²) < 4.78 is 13.0. The van der Waals surface area contributed by atoms with E-state index in [1.165, 1.54) is 37.9 Å². The summed E-state index contributed by atoms with van der Waals surface area (Å²) in [7, 11) is 0. The molecule has 27 heavy (non-hydrogen) atoms. The highest BCUT2D eigenvalue weighted by Gasteiger charge is 2.23. The van der Waals surface area contributed by atoms with Gasteiger partial charge in [-0.3, -0.25) is 0 Å². The Balaban J connectivity index is 1.27. The maximum Gasteiger partial charge on any atom is 0.314 e. The number of benzene rings is 1. The molecule has 2 atom stereocenters. The van der Waals surface area contributed by atoms with Crippen molar-refractivity contribution in [1.82, 2.24) is 15.5 Å². The van der Waals surface area contributed by atoms with Gasteiger partial charge in [0.05, 0.1) is 0 Å². The summed E-state index contributed by atoms with van der Waals surface area (Å²) in [5, 5.41) is 5.98. The predicted octanol–water partition coefficient (Wildman–Crippen LogP) is 3.22. The van der Waals surface area contributed by atoms with Crippen LogP contribution < -0.4 is 15.5 Å². The maximum absolute atomic E-state index is 13.0. The van der Waals surface area contributed by atoms with Gasteiger partial charge in [0.15, 0.2) is 0 Å². The zero-order chi connectivity index (χ0) is 19.1. The van der Waals surface area contributed by atoms with Gasteiger partial charge in [0.25, 0.3) is 0 Å². The molecule has 5 nitrogen and oxygen atoms in total. The number of nitrogens with zero attached hydrogens (tertiary/aromatic N) is 2. The Bertz CT molecular complexity index is 594. The minimum absolute atomic E-state index is 0.0677. The first-order chi connectivity index (χ1) is 13.1. The number of likely N-dealkylation sites (tertiary alicyclic amines) is 1. The van der Waals surface area contributed by atoms with Gasteiger partial charge in [-0.1, -0.05) is 6.42 Å². The molecule has 0 aromatic heterocycles. The monoisotopic (exact) mass is 376 g/mol. The smallest absolute Gasteiger partial charge is 0.314 e. The third-order valence-corrected chi connectivity index (χ3v) is 5.88. The number of amides is 2. The van der Waals surface area contributed by atoms with Gasteiger partial charge in [-0.25, -0.2) is 9.18 Å². The van der Waals surface area contributed by atoms with Crippen molar-refractivity contribution >= 4 is 11.7 Å². The first-order valence-corrected chi connectivity index (χ1v) is 10.4. The van der Waals surface area contributed by atoms with E-state index in [1.807, 2.05) is 12.1 Å². The van der Waals surface area contributed by atoms with Crippen LogP contribution in [-0.4, -0.2) is 56.2 Å². The number of carbonyl (C=O) groups is 1. The largest absolute Gasteiger partial charge is 0.371 e. The van der Waals surface area contributed by atoms with Crippen molar-refractivity contribution in [2.24, 2.45) is 5.92 Å². The van der Waals surface area contributed by atoms with E-state index in [-0.39, 0.29) is 11.8 Å². The first kappa shape index (κ1) is 19.9. The summed E-state index contributed by atoms with van der Waals surface area (Å²) in [6, 6.07) is 7.25. The molecular formula is C21H33FN4O. The van der Waals surface area contributed by atoms with E-state index in [9.17, 15) is 9.18 Å². The molecule has 3 rings (SSSR count). The molecule has 2 fully saturated rings. The van der Waals surface area contributed by atoms with Gasteiger partial charge < -0.3 is 20.4 Å². The second-order valence-electron chi connectivity index (χ2n) is 7.95. The lowest BCUT2D eigenvalue weighted by Gasteiger charge is -2.33. The molecule has 0 spiro atoms. The van der Waals surface area contributed by atoms with Gasteiger partial charge >= 0.3 is 6.03 Å². The van der Waals surface area contributed by atoms with Gasteiger partial charge in [-0.15, -0.1) is 0 Å². The number of hydrogen-bond donors (Lipinski definition) is 2. The average Bonchev–Trinajstić information content (AvgIpc) is 3.14. The summed E-state index contributed by atoms with van der Waals surface area (Å²) in [6.07, 6.45) is 5.99. The molecule has 150 valence electrons. The second kappa shape index (κ2) is 9.93. The summed E-state index contributed by atoms with van der Waals surface area (Å²) in [5.41, 5.74) is 1.05. The minimum Gasteiger partial charge on any atom is -0.371 e. The normalized spacial score (nSPS) is 23.4. The fourth-order valence-corrected chi connectivity index (χ4v) is 4.16. The van der Waals surface area contributed by atoms with Gasteiger partial charge in [-0.2, -0.15) is 0 Å². The maximum atomic E-state index is 13.0. The fraction of sp³-hybridized carbons (Fsp3) is 0.667. The Hall–Kier alpha value is -1.82. The fourth-order valence-electron chi connectivity index (χ4n) is 4.16. The van der Waals surface area contributed by atoms with Crippen LogP contribution in [0, 0.1) is 11.7 Å². The molecule has 6 heteroatoms. The van der Waals surface area contributed by atoms with E-state index in [1.54, 1.807) is 0 Å². The van der Waals surface area contributed by atoms with Crippen LogP contribution >= 0.6 is 0 Å². The van der Waals surface area contributed by atoms with Crippen LogP contribution in [0.2, 0.25) is 0 Å². The lowest BCUT2D eigenvalue weighted by atomic mass is 10.0. The number of halogens is 1.